The van der Waals surface area contributed by atoms with Crippen LogP contribution in [0.1, 0.15) is 25.8 Å². The monoisotopic (exact) mass is 329 g/mol. The van der Waals surface area contributed by atoms with Gasteiger partial charge in [0.15, 0.2) is 0 Å². The first-order valence-corrected chi connectivity index (χ1v) is 7.70. The number of halogens is 3. The van der Waals surface area contributed by atoms with Crippen LogP contribution in [0.5, 0.6) is 0 Å². The first-order chi connectivity index (χ1) is 9.88. The van der Waals surface area contributed by atoms with E-state index in [9.17, 15) is 9.18 Å². The zero-order valence-electron chi connectivity index (χ0n) is 12.0. The van der Waals surface area contributed by atoms with Gasteiger partial charge in [-0.15, -0.1) is 23.2 Å². The largest absolute Gasteiger partial charge is 0.352 e. The molecule has 1 aromatic rings. The molecule has 2 atom stereocenters. The molecule has 0 radical (unpaired) electrons. The van der Waals surface area contributed by atoms with Crippen LogP contribution in [0.2, 0.25) is 0 Å². The van der Waals surface area contributed by atoms with E-state index in [-0.39, 0.29) is 17.6 Å². The summed E-state index contributed by atoms with van der Waals surface area (Å²) in [5.41, 5.74) is -0.233. The maximum absolute atomic E-state index is 13.4. The molecular formula is C16H18Cl2FNO. The fraction of sp³-hybridized carbons (Fsp3) is 0.438. The van der Waals surface area contributed by atoms with Gasteiger partial charge in [-0.3, -0.25) is 4.79 Å². The van der Waals surface area contributed by atoms with Crippen molar-refractivity contribution in [2.75, 3.05) is 6.54 Å². The highest BCUT2D eigenvalue weighted by atomic mass is 35.5. The van der Waals surface area contributed by atoms with E-state index in [4.69, 9.17) is 23.2 Å². The summed E-state index contributed by atoms with van der Waals surface area (Å²) in [5, 5.41) is 2.80. The van der Waals surface area contributed by atoms with Crippen molar-refractivity contribution in [2.45, 2.75) is 24.6 Å². The highest BCUT2D eigenvalue weighted by Crippen LogP contribution is 2.70. The van der Waals surface area contributed by atoms with Crippen molar-refractivity contribution in [1.29, 1.82) is 0 Å². The Morgan fingerprint density at radius 3 is 2.57 bits per heavy atom. The second-order valence-corrected chi connectivity index (χ2v) is 6.69. The van der Waals surface area contributed by atoms with E-state index in [0.29, 0.717) is 18.5 Å². The van der Waals surface area contributed by atoms with Crippen molar-refractivity contribution in [3.8, 4) is 0 Å². The van der Waals surface area contributed by atoms with Gasteiger partial charge in [0, 0.05) is 18.0 Å². The molecule has 0 aromatic heterocycles. The number of amides is 1. The Bertz CT molecular complexity index is 573. The van der Waals surface area contributed by atoms with Crippen LogP contribution < -0.4 is 5.32 Å². The third kappa shape index (κ3) is 2.69. The lowest BCUT2D eigenvalue weighted by Crippen LogP contribution is -2.35. The molecule has 1 aliphatic carbocycles. The van der Waals surface area contributed by atoms with E-state index in [1.54, 1.807) is 30.4 Å². The lowest BCUT2D eigenvalue weighted by atomic mass is 9.99. The van der Waals surface area contributed by atoms with Crippen molar-refractivity contribution in [1.82, 2.24) is 5.32 Å². The van der Waals surface area contributed by atoms with Crippen molar-refractivity contribution >= 4 is 35.2 Å². The van der Waals surface area contributed by atoms with E-state index < -0.39 is 9.75 Å². The molecule has 2 nitrogen and oxygen atoms in total. The zero-order chi connectivity index (χ0) is 15.7. The lowest BCUT2D eigenvalue weighted by Gasteiger charge is -2.15. The molecular weight excluding hydrogens is 312 g/mol. The van der Waals surface area contributed by atoms with Crippen molar-refractivity contribution in [3.63, 3.8) is 0 Å². The molecule has 1 fully saturated rings. The predicted molar refractivity (Wildman–Crippen MR) is 84.8 cm³/mol. The van der Waals surface area contributed by atoms with Gasteiger partial charge in [0.1, 0.15) is 10.2 Å². The summed E-state index contributed by atoms with van der Waals surface area (Å²) < 4.78 is 12.4. The minimum atomic E-state index is -0.999. The molecule has 5 heteroatoms. The summed E-state index contributed by atoms with van der Waals surface area (Å²) in [6.45, 7) is 4.08. The van der Waals surface area contributed by atoms with Crippen LogP contribution in [0, 0.1) is 17.2 Å². The molecule has 1 amide bonds. The molecule has 1 saturated carbocycles. The summed E-state index contributed by atoms with van der Waals surface area (Å²) in [5.74, 6) is -0.518. The number of nitrogens with one attached hydrogen (secondary N) is 1. The van der Waals surface area contributed by atoms with Crippen LogP contribution in [0.15, 0.2) is 30.3 Å². The standard InChI is InChI=1S/C16H18Cl2FNO/c1-3-15(11(2)16(15,17)18)14(21)20-10-6-8-12-7-4-5-9-13(12)19/h4-9,11H,3,10H2,1-2H3,(H,20,21). The van der Waals surface area contributed by atoms with E-state index >= 15 is 0 Å². The molecule has 21 heavy (non-hydrogen) atoms. The van der Waals surface area contributed by atoms with Gasteiger partial charge < -0.3 is 5.32 Å². The summed E-state index contributed by atoms with van der Waals surface area (Å²) in [4.78, 5) is 12.3. The number of hydrogen-bond acceptors (Lipinski definition) is 1. The van der Waals surface area contributed by atoms with Gasteiger partial charge in [0.05, 0.1) is 5.41 Å². The SMILES string of the molecule is CCC1(C(=O)NCC=Cc2ccccc2F)C(C)C1(Cl)Cl. The van der Waals surface area contributed by atoms with Crippen molar-refractivity contribution in [2.24, 2.45) is 11.3 Å². The van der Waals surface area contributed by atoms with Crippen LogP contribution in [-0.2, 0) is 4.79 Å². The maximum Gasteiger partial charge on any atom is 0.229 e. The first kappa shape index (κ1) is 16.3. The molecule has 0 bridgehead atoms. The second kappa shape index (κ2) is 5.98. The third-order valence-electron chi connectivity index (χ3n) is 4.34. The molecule has 0 saturated heterocycles. The minimum absolute atomic E-state index is 0.0751. The number of carbonyl (C=O) groups excluding carboxylic acids is 1. The van der Waals surface area contributed by atoms with Gasteiger partial charge in [-0.2, -0.15) is 0 Å². The van der Waals surface area contributed by atoms with E-state index in [1.807, 2.05) is 13.8 Å². The molecule has 1 aromatic carbocycles. The lowest BCUT2D eigenvalue weighted by molar-refractivity contribution is -0.126. The van der Waals surface area contributed by atoms with Gasteiger partial charge in [0.25, 0.3) is 0 Å². The van der Waals surface area contributed by atoms with E-state index in [1.165, 1.54) is 6.07 Å². The summed E-state index contributed by atoms with van der Waals surface area (Å²) in [6, 6.07) is 6.46. The maximum atomic E-state index is 13.4. The van der Waals surface area contributed by atoms with Crippen LogP contribution in [-0.4, -0.2) is 16.8 Å². The van der Waals surface area contributed by atoms with Crippen LogP contribution in [0.3, 0.4) is 0 Å². The van der Waals surface area contributed by atoms with Crippen molar-refractivity contribution < 1.29 is 9.18 Å². The molecule has 1 N–H and O–H groups in total. The van der Waals surface area contributed by atoms with Gasteiger partial charge >= 0.3 is 0 Å². The Hall–Kier alpha value is -1.06. The predicted octanol–water partition coefficient (Wildman–Crippen LogP) is 4.18. The molecule has 2 unspecified atom stereocenters. The number of carbonyl (C=O) groups is 1. The molecule has 0 heterocycles. The number of hydrogen-bond donors (Lipinski definition) is 1. The first-order valence-electron chi connectivity index (χ1n) is 6.95. The van der Waals surface area contributed by atoms with Crippen LogP contribution >= 0.6 is 23.2 Å². The smallest absolute Gasteiger partial charge is 0.229 e. The zero-order valence-corrected chi connectivity index (χ0v) is 13.5. The van der Waals surface area contributed by atoms with Gasteiger partial charge in [-0.1, -0.05) is 44.2 Å². The number of benzene rings is 1. The normalized spacial score (nSPS) is 26.8. The molecule has 0 spiro atoms. The molecule has 114 valence electrons. The molecule has 2 rings (SSSR count). The fourth-order valence-electron chi connectivity index (χ4n) is 2.80. The topological polar surface area (TPSA) is 29.1 Å². The average molecular weight is 330 g/mol. The third-order valence-corrected chi connectivity index (χ3v) is 5.67. The van der Waals surface area contributed by atoms with E-state index in [0.717, 1.165) is 0 Å². The molecule has 1 aliphatic rings. The quantitative estimate of drug-likeness (QED) is 0.807. The van der Waals surface area contributed by atoms with Gasteiger partial charge in [0.2, 0.25) is 5.91 Å². The summed E-state index contributed by atoms with van der Waals surface area (Å²) >= 11 is 12.4. The highest BCUT2D eigenvalue weighted by molar-refractivity contribution is 6.53. The van der Waals surface area contributed by atoms with Crippen LogP contribution in [0.25, 0.3) is 6.08 Å². The minimum Gasteiger partial charge on any atom is -0.352 e. The van der Waals surface area contributed by atoms with Crippen molar-refractivity contribution in [3.05, 3.63) is 41.7 Å². The summed E-state index contributed by atoms with van der Waals surface area (Å²) in [6.07, 6.45) is 3.93. The molecule has 0 aliphatic heterocycles. The Morgan fingerprint density at radius 1 is 1.43 bits per heavy atom. The van der Waals surface area contributed by atoms with Crippen LogP contribution in [0.4, 0.5) is 4.39 Å². The Morgan fingerprint density at radius 2 is 2.05 bits per heavy atom. The number of alkyl halides is 2. The second-order valence-electron chi connectivity index (χ2n) is 5.30. The highest BCUT2D eigenvalue weighted by Gasteiger charge is 2.76. The summed E-state index contributed by atoms with van der Waals surface area (Å²) in [7, 11) is 0. The fourth-order valence-corrected chi connectivity index (χ4v) is 3.83. The Labute approximate surface area is 134 Å². The van der Waals surface area contributed by atoms with E-state index in [2.05, 4.69) is 5.32 Å². The Kier molecular flexibility index (Phi) is 4.64. The van der Waals surface area contributed by atoms with Gasteiger partial charge in [-0.25, -0.2) is 4.39 Å². The average Bonchev–Trinajstić information content (AvgIpc) is 2.90. The Balaban J connectivity index is 1.93. The number of rotatable bonds is 5. The van der Waals surface area contributed by atoms with Gasteiger partial charge in [-0.05, 0) is 12.5 Å².